The van der Waals surface area contributed by atoms with E-state index in [0.29, 0.717) is 0 Å². The number of phosphoric ester groups is 1. The molecule has 22 heteroatoms. The summed E-state index contributed by atoms with van der Waals surface area (Å²) in [4.78, 5) is 57.4. The zero-order chi connectivity index (χ0) is 26.9. The van der Waals surface area contributed by atoms with Gasteiger partial charge in [0.15, 0.2) is 17.7 Å². The molecular weight excluding hydrogens is 555 g/mol. The molecule has 3 heterocycles. The molecule has 3 rings (SSSR count). The van der Waals surface area contributed by atoms with Crippen LogP contribution in [0.1, 0.15) is 19.1 Å². The summed E-state index contributed by atoms with van der Waals surface area (Å²) in [5.74, 6) is -1.33. The van der Waals surface area contributed by atoms with Crippen LogP contribution in [0.2, 0.25) is 0 Å². The minimum atomic E-state index is -6.04. The quantitative estimate of drug-likeness (QED) is 0.189. The number of imidazole rings is 1. The van der Waals surface area contributed by atoms with Gasteiger partial charge in [0.2, 0.25) is 0 Å². The third-order valence-electron chi connectivity index (χ3n) is 4.64. The molecule has 0 spiro atoms. The molecule has 0 aliphatic carbocycles. The Hall–Kier alpha value is -1.85. The van der Waals surface area contributed by atoms with Crippen LogP contribution in [-0.4, -0.2) is 71.9 Å². The van der Waals surface area contributed by atoms with Crippen LogP contribution in [0.5, 0.6) is 0 Å². The fourth-order valence-corrected chi connectivity index (χ4v) is 7.07. The van der Waals surface area contributed by atoms with Crippen LogP contribution < -0.4 is 20.4 Å². The number of fused-ring (bicyclic) bond motifs is 1. The zero-order valence-electron chi connectivity index (χ0n) is 17.8. The van der Waals surface area contributed by atoms with Crippen molar-refractivity contribution < 1.29 is 66.4 Å². The predicted octanol–water partition coefficient (Wildman–Crippen LogP) is -2.57. The van der Waals surface area contributed by atoms with Crippen molar-refractivity contribution in [1.82, 2.24) is 19.5 Å². The van der Waals surface area contributed by atoms with Gasteiger partial charge in [0.25, 0.3) is 15.6 Å². The van der Waals surface area contributed by atoms with Crippen molar-refractivity contribution in [3.63, 3.8) is 0 Å². The molecule has 5 N–H and O–H groups in total. The number of nitrogen functional groups attached to an aromatic ring is 1. The molecule has 0 amide bonds. The smallest absolute Gasteiger partial charge is 0.303 e. The second kappa shape index (κ2) is 10.9. The number of aromatic nitrogens is 4. The summed E-state index contributed by atoms with van der Waals surface area (Å²) in [5, 5.41) is 29.0. The van der Waals surface area contributed by atoms with E-state index in [-0.39, 0.29) is 17.0 Å². The van der Waals surface area contributed by atoms with E-state index in [0.717, 1.165) is 6.33 Å². The number of aliphatic carboxylic acids is 1. The molecule has 4 unspecified atom stereocenters. The normalized spacial score (nSPS) is 27.4. The second-order valence-corrected chi connectivity index (χ2v) is 12.3. The van der Waals surface area contributed by atoms with Gasteiger partial charge < -0.3 is 49.6 Å². The molecule has 19 nitrogen and oxygen atoms in total. The molecule has 1 aliphatic rings. The zero-order valence-corrected chi connectivity index (χ0v) is 20.5. The summed E-state index contributed by atoms with van der Waals surface area (Å²) in [6, 6.07) is 0. The summed E-state index contributed by atoms with van der Waals surface area (Å²) in [5.41, 5.74) is 5.95. The molecule has 202 valence electrons. The van der Waals surface area contributed by atoms with Crippen LogP contribution >= 0.6 is 23.2 Å². The van der Waals surface area contributed by atoms with E-state index in [4.69, 9.17) is 15.6 Å². The maximum atomic E-state index is 11.9. The van der Waals surface area contributed by atoms with Crippen LogP contribution in [-0.2, 0) is 36.4 Å². The number of aliphatic hydroxyl groups excluding tert-OH is 2. The Labute approximate surface area is 201 Å². The molecule has 0 aromatic carbocycles. The molecule has 1 aliphatic heterocycles. The van der Waals surface area contributed by atoms with Crippen molar-refractivity contribution in [2.24, 2.45) is 0 Å². The van der Waals surface area contributed by atoms with Crippen LogP contribution in [0.4, 0.5) is 5.82 Å². The number of phosphoric acid groups is 2. The lowest BCUT2D eigenvalue weighted by atomic mass is 10.1. The molecule has 1 fully saturated rings. The number of nitrogens with two attached hydrogens (primary N) is 1. The number of hydrogen-bond acceptors (Lipinski definition) is 17. The van der Waals surface area contributed by atoms with E-state index in [1.54, 1.807) is 0 Å². The first-order valence-electron chi connectivity index (χ1n) is 9.76. The molecular formula is C14H19N5O14P3-3. The molecule has 2 aromatic heterocycles. The molecule has 2 aromatic rings. The van der Waals surface area contributed by atoms with E-state index < -0.39 is 79.4 Å². The Morgan fingerprint density at radius 2 is 1.81 bits per heavy atom. The summed E-state index contributed by atoms with van der Waals surface area (Å²) in [7, 11) is -17.1. The SMILES string of the molecule is Nc1ncnc2c1ncn2[C@@H]1O[C@H](COP(=O)([O-])OP(=O)([O-])OP(=O)([O-])CCCC(=O)O)C(O)[C@@H]1O. The fraction of sp³-hybridized carbons (Fsp3) is 0.571. The van der Waals surface area contributed by atoms with Crippen molar-refractivity contribution >= 4 is 46.2 Å². The summed E-state index contributed by atoms with van der Waals surface area (Å²) >= 11 is 0. The Kier molecular flexibility index (Phi) is 8.67. The topological polar surface area (TPSA) is 305 Å². The Balaban J connectivity index is 1.61. The van der Waals surface area contributed by atoms with Gasteiger partial charge in [-0.2, -0.15) is 0 Å². The predicted molar refractivity (Wildman–Crippen MR) is 108 cm³/mol. The van der Waals surface area contributed by atoms with E-state index in [2.05, 4.69) is 28.1 Å². The van der Waals surface area contributed by atoms with Gasteiger partial charge >= 0.3 is 5.97 Å². The highest BCUT2D eigenvalue weighted by molar-refractivity contribution is 7.66. The third kappa shape index (κ3) is 7.13. The number of carboxylic acid groups (broad SMARTS) is 1. The van der Waals surface area contributed by atoms with E-state index in [1.807, 2.05) is 0 Å². The Morgan fingerprint density at radius 1 is 1.11 bits per heavy atom. The van der Waals surface area contributed by atoms with Crippen LogP contribution in [0.3, 0.4) is 0 Å². The van der Waals surface area contributed by atoms with Crippen LogP contribution in [0.15, 0.2) is 12.7 Å². The minimum Gasteiger partial charge on any atom is -0.778 e. The lowest BCUT2D eigenvalue weighted by molar-refractivity contribution is -0.246. The van der Waals surface area contributed by atoms with Crippen LogP contribution in [0.25, 0.3) is 11.2 Å². The lowest BCUT2D eigenvalue weighted by Crippen LogP contribution is -2.34. The van der Waals surface area contributed by atoms with Gasteiger partial charge in [-0.15, -0.1) is 0 Å². The number of aliphatic hydroxyl groups is 2. The van der Waals surface area contributed by atoms with Crippen LogP contribution in [0, 0.1) is 0 Å². The summed E-state index contributed by atoms with van der Waals surface area (Å²) in [6.45, 7) is -1.06. The Bertz CT molecular complexity index is 1260. The molecule has 0 saturated carbocycles. The van der Waals surface area contributed by atoms with Gasteiger partial charge in [-0.3, -0.25) is 22.8 Å². The van der Waals surface area contributed by atoms with E-state index >= 15 is 0 Å². The first-order valence-corrected chi connectivity index (χ1v) is 14.4. The number of carbonyl (C=O) groups is 1. The molecule has 0 radical (unpaired) electrons. The second-order valence-electron chi connectivity index (χ2n) is 7.31. The highest BCUT2D eigenvalue weighted by Gasteiger charge is 2.45. The van der Waals surface area contributed by atoms with Gasteiger partial charge in [-0.05, 0) is 6.42 Å². The number of nitrogens with zero attached hydrogens (tertiary/aromatic N) is 4. The van der Waals surface area contributed by atoms with Crippen molar-refractivity contribution in [3.8, 4) is 0 Å². The highest BCUT2D eigenvalue weighted by atomic mass is 31.3. The number of ether oxygens (including phenoxy) is 1. The molecule has 7 atom stereocenters. The highest BCUT2D eigenvalue weighted by Crippen LogP contribution is 2.62. The summed E-state index contributed by atoms with van der Waals surface area (Å²) in [6.07, 6.45) is -6.14. The number of anilines is 1. The first kappa shape index (κ1) is 28.7. The van der Waals surface area contributed by atoms with Crippen molar-refractivity contribution in [3.05, 3.63) is 12.7 Å². The maximum absolute atomic E-state index is 11.9. The average molecular weight is 574 g/mol. The van der Waals surface area contributed by atoms with E-state index in [1.165, 1.54) is 10.9 Å². The number of hydrogen-bond donors (Lipinski definition) is 4. The van der Waals surface area contributed by atoms with Crippen molar-refractivity contribution in [2.75, 3.05) is 18.5 Å². The van der Waals surface area contributed by atoms with Crippen molar-refractivity contribution in [2.45, 2.75) is 37.4 Å². The maximum Gasteiger partial charge on any atom is 0.303 e. The minimum absolute atomic E-state index is 0.0184. The molecule has 1 saturated heterocycles. The van der Waals surface area contributed by atoms with Gasteiger partial charge in [-0.25, -0.2) is 19.3 Å². The van der Waals surface area contributed by atoms with Gasteiger partial charge in [0.1, 0.15) is 37.8 Å². The van der Waals surface area contributed by atoms with Gasteiger partial charge in [-0.1, -0.05) is 0 Å². The molecule has 36 heavy (non-hydrogen) atoms. The third-order valence-corrected chi connectivity index (χ3v) is 9.37. The lowest BCUT2D eigenvalue weighted by Gasteiger charge is -2.35. The van der Waals surface area contributed by atoms with Gasteiger partial charge in [0, 0.05) is 12.6 Å². The molecule has 0 bridgehead atoms. The number of carboxylic acids is 1. The standard InChI is InChI=1S/C14H22N5O14P3/c15-12-9-13(17-5-16-12)19(6-18-9)14-11(23)10(22)7(31-14)4-30-35(26,27)33-36(28,29)32-34(24,25)3-1-2-8(20)21/h5-7,10-11,14,22-23H,1-4H2,(H,20,21)(H,24,25)(H,26,27)(H,28,29)(H2,15,16,17)/p-3/t7-,10?,11+,14-/m1/s1. The first-order chi connectivity index (χ1) is 16.6. The van der Waals surface area contributed by atoms with Crippen molar-refractivity contribution in [1.29, 1.82) is 0 Å². The average Bonchev–Trinajstić information content (AvgIpc) is 3.27. The largest absolute Gasteiger partial charge is 0.778 e. The monoisotopic (exact) mass is 574 g/mol. The van der Waals surface area contributed by atoms with Gasteiger partial charge in [0.05, 0.1) is 12.9 Å². The number of rotatable bonds is 12. The fourth-order valence-electron chi connectivity index (χ4n) is 3.10. The Morgan fingerprint density at radius 3 is 2.47 bits per heavy atom. The van der Waals surface area contributed by atoms with E-state index in [9.17, 15) is 43.4 Å². The summed E-state index contributed by atoms with van der Waals surface area (Å²) < 4.78 is 53.7.